The molecule has 2 aromatic rings. The van der Waals surface area contributed by atoms with Crippen molar-refractivity contribution in [2.24, 2.45) is 7.05 Å². The molecule has 21 heavy (non-hydrogen) atoms. The molecule has 0 aliphatic carbocycles. The van der Waals surface area contributed by atoms with Gasteiger partial charge in [0.25, 0.3) is 0 Å². The number of nitrogens with zero attached hydrogens (tertiary/aromatic N) is 2. The Bertz CT molecular complexity index is 790. The van der Waals surface area contributed by atoms with E-state index in [9.17, 15) is 13.2 Å². The van der Waals surface area contributed by atoms with E-state index in [4.69, 9.17) is 5.11 Å². The molecule has 0 saturated carbocycles. The van der Waals surface area contributed by atoms with Crippen LogP contribution in [0.3, 0.4) is 0 Å². The Hall–Kier alpha value is -1.71. The highest BCUT2D eigenvalue weighted by Gasteiger charge is 2.22. The van der Waals surface area contributed by atoms with Crippen molar-refractivity contribution in [1.29, 1.82) is 0 Å². The number of aromatic nitrogens is 2. The summed E-state index contributed by atoms with van der Waals surface area (Å²) in [4.78, 5) is 11.4. The number of hydrogen-bond donors (Lipinski definition) is 2. The normalized spacial score (nSPS) is 11.8. The highest BCUT2D eigenvalue weighted by atomic mass is 32.2. The Morgan fingerprint density at radius 2 is 2.14 bits per heavy atom. The van der Waals surface area contributed by atoms with Gasteiger partial charge in [0.1, 0.15) is 4.88 Å². The first-order valence-electron chi connectivity index (χ1n) is 6.03. The summed E-state index contributed by atoms with van der Waals surface area (Å²) >= 11 is 0.943. The van der Waals surface area contributed by atoms with E-state index in [1.165, 1.54) is 6.07 Å². The first kappa shape index (κ1) is 15.7. The van der Waals surface area contributed by atoms with Crippen LogP contribution in [0.5, 0.6) is 0 Å². The molecule has 2 N–H and O–H groups in total. The highest BCUT2D eigenvalue weighted by Crippen LogP contribution is 2.25. The minimum absolute atomic E-state index is 0.00503. The topological polar surface area (TPSA) is 101 Å². The number of aryl methyl sites for hydroxylation is 3. The predicted octanol–water partition coefficient (Wildman–Crippen LogP) is 1.28. The molecule has 0 saturated heterocycles. The molecule has 0 aromatic carbocycles. The molecule has 0 aliphatic rings. The molecule has 7 nitrogen and oxygen atoms in total. The molecule has 114 valence electrons. The summed E-state index contributed by atoms with van der Waals surface area (Å²) in [6.07, 6.45) is 1.74. The lowest BCUT2D eigenvalue weighted by molar-refractivity contribution is 0.0702. The standard InChI is InChI=1S/C12H15N3O4S2/c1-7-9(6-15(3)14-7)5-13-21(18,19)11-4-10(12(16)17)20-8(11)2/h4,6,13H,5H2,1-3H3,(H,16,17). The third kappa shape index (κ3) is 3.31. The van der Waals surface area contributed by atoms with E-state index in [2.05, 4.69) is 9.82 Å². The second-order valence-electron chi connectivity index (χ2n) is 4.57. The Balaban J connectivity index is 2.22. The molecule has 0 amide bonds. The van der Waals surface area contributed by atoms with Gasteiger partial charge in [0, 0.05) is 30.2 Å². The molecule has 0 radical (unpaired) electrons. The largest absolute Gasteiger partial charge is 0.477 e. The van der Waals surface area contributed by atoms with Gasteiger partial charge in [0.15, 0.2) is 0 Å². The van der Waals surface area contributed by atoms with E-state index in [-0.39, 0.29) is 16.3 Å². The number of carbonyl (C=O) groups is 1. The Labute approximate surface area is 126 Å². The second kappa shape index (κ2) is 5.58. The quantitative estimate of drug-likeness (QED) is 0.860. The number of rotatable bonds is 5. The Morgan fingerprint density at radius 3 is 2.62 bits per heavy atom. The Morgan fingerprint density at radius 1 is 1.48 bits per heavy atom. The highest BCUT2D eigenvalue weighted by molar-refractivity contribution is 7.89. The Kier molecular flexibility index (Phi) is 4.17. The molecule has 9 heteroatoms. The molecule has 2 heterocycles. The van der Waals surface area contributed by atoms with Crippen molar-refractivity contribution in [3.8, 4) is 0 Å². The summed E-state index contributed by atoms with van der Waals surface area (Å²) < 4.78 is 28.6. The van der Waals surface area contributed by atoms with Crippen molar-refractivity contribution < 1.29 is 18.3 Å². The van der Waals surface area contributed by atoms with Gasteiger partial charge in [0.2, 0.25) is 10.0 Å². The van der Waals surface area contributed by atoms with Crippen molar-refractivity contribution in [2.45, 2.75) is 25.3 Å². The number of hydrogen-bond acceptors (Lipinski definition) is 5. The van der Waals surface area contributed by atoms with E-state index >= 15 is 0 Å². The maximum Gasteiger partial charge on any atom is 0.345 e. The fourth-order valence-electron chi connectivity index (χ4n) is 1.91. The lowest BCUT2D eigenvalue weighted by Crippen LogP contribution is -2.23. The van der Waals surface area contributed by atoms with Crippen molar-refractivity contribution in [1.82, 2.24) is 14.5 Å². The van der Waals surface area contributed by atoms with Gasteiger partial charge in [-0.25, -0.2) is 17.9 Å². The van der Waals surface area contributed by atoms with Crippen LogP contribution in [0.1, 0.15) is 25.8 Å². The van der Waals surface area contributed by atoms with Gasteiger partial charge >= 0.3 is 5.97 Å². The molecule has 2 aromatic heterocycles. The van der Waals surface area contributed by atoms with E-state index < -0.39 is 16.0 Å². The SMILES string of the molecule is Cc1nn(C)cc1CNS(=O)(=O)c1cc(C(=O)O)sc1C. The van der Waals surface area contributed by atoms with Crippen LogP contribution in [0.15, 0.2) is 17.2 Å². The number of carboxylic acid groups (broad SMARTS) is 1. The zero-order valence-electron chi connectivity index (χ0n) is 11.7. The molecular formula is C12H15N3O4S2. The zero-order chi connectivity index (χ0) is 15.8. The first-order valence-corrected chi connectivity index (χ1v) is 8.33. The van der Waals surface area contributed by atoms with Crippen LogP contribution in [0, 0.1) is 13.8 Å². The summed E-state index contributed by atoms with van der Waals surface area (Å²) in [5.74, 6) is -1.13. The molecule has 0 aliphatic heterocycles. The van der Waals surface area contributed by atoms with Crippen LogP contribution in [0.25, 0.3) is 0 Å². The zero-order valence-corrected chi connectivity index (χ0v) is 13.4. The number of carboxylic acids is 1. The molecule has 0 unspecified atom stereocenters. The van der Waals surface area contributed by atoms with Gasteiger partial charge in [-0.1, -0.05) is 0 Å². The third-order valence-corrected chi connectivity index (χ3v) is 5.64. The van der Waals surface area contributed by atoms with Crippen LogP contribution in [-0.2, 0) is 23.6 Å². The van der Waals surface area contributed by atoms with Crippen LogP contribution >= 0.6 is 11.3 Å². The third-order valence-electron chi connectivity index (χ3n) is 2.94. The summed E-state index contributed by atoms with van der Waals surface area (Å²) in [6.45, 7) is 3.49. The minimum Gasteiger partial charge on any atom is -0.477 e. The predicted molar refractivity (Wildman–Crippen MR) is 78.0 cm³/mol. The van der Waals surface area contributed by atoms with Crippen LogP contribution in [0.4, 0.5) is 0 Å². The molecule has 0 bridgehead atoms. The van der Waals surface area contributed by atoms with E-state index in [1.54, 1.807) is 31.8 Å². The minimum atomic E-state index is -3.75. The molecular weight excluding hydrogens is 314 g/mol. The van der Waals surface area contributed by atoms with Crippen molar-refractivity contribution in [3.63, 3.8) is 0 Å². The fraction of sp³-hybridized carbons (Fsp3) is 0.333. The average Bonchev–Trinajstić information content (AvgIpc) is 2.90. The second-order valence-corrected chi connectivity index (χ2v) is 7.57. The van der Waals surface area contributed by atoms with Gasteiger partial charge in [-0.2, -0.15) is 5.10 Å². The average molecular weight is 329 g/mol. The van der Waals surface area contributed by atoms with E-state index in [1.807, 2.05) is 0 Å². The van der Waals surface area contributed by atoms with Gasteiger partial charge < -0.3 is 5.11 Å². The summed E-state index contributed by atoms with van der Waals surface area (Å²) in [7, 11) is -1.99. The van der Waals surface area contributed by atoms with Gasteiger partial charge in [-0.15, -0.1) is 11.3 Å². The molecule has 0 spiro atoms. The summed E-state index contributed by atoms with van der Waals surface area (Å²) in [5, 5.41) is 13.1. The fourth-order valence-corrected chi connectivity index (χ4v) is 4.34. The van der Waals surface area contributed by atoms with Gasteiger partial charge in [0.05, 0.1) is 10.6 Å². The van der Waals surface area contributed by atoms with Crippen molar-refractivity contribution >= 4 is 27.3 Å². The van der Waals surface area contributed by atoms with Crippen molar-refractivity contribution in [2.75, 3.05) is 0 Å². The first-order chi connectivity index (χ1) is 9.70. The van der Waals surface area contributed by atoms with Crippen molar-refractivity contribution in [3.05, 3.63) is 33.3 Å². The number of sulfonamides is 1. The lowest BCUT2D eigenvalue weighted by Gasteiger charge is -2.05. The van der Waals surface area contributed by atoms with E-state index in [0.29, 0.717) is 4.88 Å². The maximum absolute atomic E-state index is 12.3. The molecule has 0 fully saturated rings. The van der Waals surface area contributed by atoms with Crippen LogP contribution < -0.4 is 4.72 Å². The van der Waals surface area contributed by atoms with Gasteiger partial charge in [-0.3, -0.25) is 4.68 Å². The van der Waals surface area contributed by atoms with Gasteiger partial charge in [-0.05, 0) is 19.9 Å². The number of thiophene rings is 1. The lowest BCUT2D eigenvalue weighted by atomic mass is 10.3. The summed E-state index contributed by atoms with van der Waals surface area (Å²) in [5.41, 5.74) is 1.51. The monoisotopic (exact) mass is 329 g/mol. The van der Waals surface area contributed by atoms with Crippen LogP contribution in [0.2, 0.25) is 0 Å². The summed E-state index contributed by atoms with van der Waals surface area (Å²) in [6, 6.07) is 1.18. The smallest absolute Gasteiger partial charge is 0.345 e. The van der Waals surface area contributed by atoms with E-state index in [0.717, 1.165) is 22.6 Å². The number of nitrogens with one attached hydrogen (secondary N) is 1. The number of aromatic carboxylic acids is 1. The molecule has 0 atom stereocenters. The van der Waals surface area contributed by atoms with Crippen LogP contribution in [-0.4, -0.2) is 29.3 Å². The molecule has 2 rings (SSSR count). The maximum atomic E-state index is 12.3.